The summed E-state index contributed by atoms with van der Waals surface area (Å²) in [7, 11) is -1.31. The van der Waals surface area contributed by atoms with Crippen molar-refractivity contribution in [2.45, 2.75) is 77.7 Å². The molecule has 1 rings (SSSR count). The van der Waals surface area contributed by atoms with E-state index in [-0.39, 0.29) is 9.52 Å². The average Bonchev–Trinajstić information content (AvgIpc) is 2.37. The molecule has 2 nitrogen and oxygen atoms in total. The molecule has 0 radical (unpaired) electrons. The first-order chi connectivity index (χ1) is 9.66. The third-order valence-corrected chi connectivity index (χ3v) is 13.2. The maximum Gasteiger partial charge on any atom is 0.128 e. The van der Waals surface area contributed by atoms with Crippen LogP contribution in [0, 0.1) is 0 Å². The second kappa shape index (κ2) is 8.09. The van der Waals surface area contributed by atoms with Gasteiger partial charge in [-0.15, -0.1) is 5.70 Å². The molecular formula is C17H38N2Si2. The Morgan fingerprint density at radius 2 is 2.00 bits per heavy atom. The Kier molecular flexibility index (Phi) is 7.37. The summed E-state index contributed by atoms with van der Waals surface area (Å²) >= 11 is 0. The molecule has 1 heterocycles. The number of nitrogens with zero attached hydrogens (tertiary/aromatic N) is 1. The second-order valence-corrected chi connectivity index (χ2v) is 15.3. The van der Waals surface area contributed by atoms with Gasteiger partial charge < -0.3 is 9.88 Å². The van der Waals surface area contributed by atoms with Crippen LogP contribution in [-0.2, 0) is 0 Å². The first-order valence-electron chi connectivity index (χ1n) is 8.77. The molecule has 1 saturated heterocycles. The lowest BCUT2D eigenvalue weighted by Crippen LogP contribution is -2.65. The molecule has 0 aromatic heterocycles. The minimum Gasteiger partial charge on any atom is -0.318 e. The van der Waals surface area contributed by atoms with E-state index in [0.717, 1.165) is 6.04 Å². The number of rotatable bonds is 6. The van der Waals surface area contributed by atoms with Crippen molar-refractivity contribution in [3.05, 3.63) is 11.3 Å². The summed E-state index contributed by atoms with van der Waals surface area (Å²) in [6, 6.07) is 2.26. The Balaban J connectivity index is 2.56. The zero-order valence-corrected chi connectivity index (χ0v) is 18.0. The number of allylic oxidation sites excluding steroid dienone is 1. The van der Waals surface area contributed by atoms with Crippen molar-refractivity contribution in [2.75, 3.05) is 19.6 Å². The van der Waals surface area contributed by atoms with Crippen LogP contribution in [0.25, 0.3) is 0 Å². The van der Waals surface area contributed by atoms with Crippen molar-refractivity contribution in [1.29, 1.82) is 0 Å². The van der Waals surface area contributed by atoms with E-state index in [1.165, 1.54) is 44.1 Å². The largest absolute Gasteiger partial charge is 0.318 e. The van der Waals surface area contributed by atoms with Crippen LogP contribution in [0.15, 0.2) is 11.3 Å². The highest BCUT2D eigenvalue weighted by Crippen LogP contribution is 2.39. The van der Waals surface area contributed by atoms with Gasteiger partial charge in [0.05, 0.1) is 0 Å². The van der Waals surface area contributed by atoms with Crippen molar-refractivity contribution < 1.29 is 0 Å². The van der Waals surface area contributed by atoms with E-state index in [9.17, 15) is 0 Å². The van der Waals surface area contributed by atoms with Crippen LogP contribution in [0.1, 0.15) is 47.5 Å². The zero-order chi connectivity index (χ0) is 16.1. The van der Waals surface area contributed by atoms with E-state index < -0.39 is 8.24 Å². The predicted octanol–water partition coefficient (Wildman–Crippen LogP) is 3.56. The van der Waals surface area contributed by atoms with Crippen molar-refractivity contribution in [2.24, 2.45) is 0 Å². The van der Waals surface area contributed by atoms with Crippen LogP contribution in [0.4, 0.5) is 0 Å². The lowest BCUT2D eigenvalue weighted by atomic mass is 10.1. The molecule has 1 aliphatic heterocycles. The van der Waals surface area contributed by atoms with E-state index in [2.05, 4.69) is 63.3 Å². The molecule has 1 N–H and O–H groups in total. The van der Waals surface area contributed by atoms with Crippen molar-refractivity contribution in [1.82, 2.24) is 9.88 Å². The molecule has 0 bridgehead atoms. The number of piperazine rings is 1. The third-order valence-electron chi connectivity index (χ3n) is 5.45. The topological polar surface area (TPSA) is 15.3 Å². The van der Waals surface area contributed by atoms with Crippen LogP contribution >= 0.6 is 0 Å². The maximum absolute atomic E-state index is 3.63. The first-order valence-corrected chi connectivity index (χ1v) is 13.5. The van der Waals surface area contributed by atoms with Crippen molar-refractivity contribution in [3.63, 3.8) is 0 Å². The second-order valence-electron chi connectivity index (χ2n) is 8.43. The zero-order valence-electron chi connectivity index (χ0n) is 15.6. The van der Waals surface area contributed by atoms with E-state index in [0.29, 0.717) is 5.04 Å². The Morgan fingerprint density at radius 1 is 1.33 bits per heavy atom. The molecule has 0 aromatic rings. The Morgan fingerprint density at radius 3 is 2.57 bits per heavy atom. The normalized spacial score (nSPS) is 22.0. The monoisotopic (exact) mass is 326 g/mol. The lowest BCUT2D eigenvalue weighted by Gasteiger charge is -2.51. The molecule has 1 atom stereocenters. The van der Waals surface area contributed by atoms with Crippen molar-refractivity contribution >= 4 is 17.8 Å². The molecule has 0 aliphatic carbocycles. The molecule has 1 aliphatic rings. The molecule has 124 valence electrons. The standard InChI is InChI=1S/C17H38N2Si2/c1-15(2)14-20-12-8-9-16-13-18-10-11-19(16)21(6,7)17(3,4)5/h14,16,18H,8-13,20H2,1-7H3. The molecule has 1 unspecified atom stereocenters. The molecule has 0 spiro atoms. The molecule has 21 heavy (non-hydrogen) atoms. The van der Waals surface area contributed by atoms with Crippen LogP contribution in [0.3, 0.4) is 0 Å². The van der Waals surface area contributed by atoms with Gasteiger partial charge >= 0.3 is 0 Å². The molecule has 4 heteroatoms. The van der Waals surface area contributed by atoms with Crippen LogP contribution in [0.2, 0.25) is 24.2 Å². The lowest BCUT2D eigenvalue weighted by molar-refractivity contribution is 0.237. The number of hydrogen-bond donors (Lipinski definition) is 1. The molecule has 1 fully saturated rings. The van der Waals surface area contributed by atoms with Crippen LogP contribution < -0.4 is 5.32 Å². The van der Waals surface area contributed by atoms with Gasteiger partial charge in [-0.1, -0.05) is 51.9 Å². The summed E-state index contributed by atoms with van der Waals surface area (Å²) < 4.78 is 2.92. The summed E-state index contributed by atoms with van der Waals surface area (Å²) in [4.78, 5) is 0. The fraction of sp³-hybridized carbons (Fsp3) is 0.882. The predicted molar refractivity (Wildman–Crippen MR) is 103 cm³/mol. The highest BCUT2D eigenvalue weighted by Gasteiger charge is 2.44. The average molecular weight is 327 g/mol. The van der Waals surface area contributed by atoms with Gasteiger partial charge in [0.15, 0.2) is 0 Å². The minimum atomic E-state index is -1.36. The molecule has 0 amide bonds. The summed E-state index contributed by atoms with van der Waals surface area (Å²) in [5, 5.41) is 4.09. The van der Waals surface area contributed by atoms with Gasteiger partial charge in [-0.3, -0.25) is 0 Å². The van der Waals surface area contributed by atoms with Crippen molar-refractivity contribution in [3.8, 4) is 0 Å². The summed E-state index contributed by atoms with van der Waals surface area (Å²) in [5.41, 5.74) is 4.04. The van der Waals surface area contributed by atoms with Gasteiger partial charge in [0.1, 0.15) is 8.24 Å². The highest BCUT2D eigenvalue weighted by molar-refractivity contribution is 6.77. The molecule has 0 saturated carbocycles. The van der Waals surface area contributed by atoms with Gasteiger partial charge in [-0.2, -0.15) is 0 Å². The summed E-state index contributed by atoms with van der Waals surface area (Å²) in [6.45, 7) is 20.6. The first kappa shape index (κ1) is 19.1. The van der Waals surface area contributed by atoms with E-state index in [4.69, 9.17) is 0 Å². The highest BCUT2D eigenvalue weighted by atomic mass is 28.3. The Hall–Kier alpha value is 0.0938. The van der Waals surface area contributed by atoms with Gasteiger partial charge in [-0.25, -0.2) is 0 Å². The van der Waals surface area contributed by atoms with Gasteiger partial charge in [0, 0.05) is 35.2 Å². The third kappa shape index (κ3) is 5.66. The fourth-order valence-electron chi connectivity index (χ4n) is 3.10. The maximum atomic E-state index is 3.63. The SMILES string of the molecule is CC(C)=C[SiH2]CCCC1CNCCN1[Si](C)(C)C(C)(C)C. The quantitative estimate of drug-likeness (QED) is 0.593. The van der Waals surface area contributed by atoms with Gasteiger partial charge in [0.2, 0.25) is 0 Å². The van der Waals surface area contributed by atoms with E-state index >= 15 is 0 Å². The molecule has 0 aromatic carbocycles. The van der Waals surface area contributed by atoms with Gasteiger partial charge in [0.25, 0.3) is 0 Å². The van der Waals surface area contributed by atoms with Crippen LogP contribution in [-0.4, -0.2) is 48.0 Å². The smallest absolute Gasteiger partial charge is 0.128 e. The van der Waals surface area contributed by atoms with Crippen LogP contribution in [0.5, 0.6) is 0 Å². The summed E-state index contributed by atoms with van der Waals surface area (Å²) in [6.07, 6.45) is 2.82. The Labute approximate surface area is 136 Å². The Bertz CT molecular complexity index is 341. The summed E-state index contributed by atoms with van der Waals surface area (Å²) in [5.74, 6) is 0. The number of hydrogen-bond acceptors (Lipinski definition) is 2. The minimum absolute atomic E-state index is 0.0492. The number of nitrogens with one attached hydrogen (secondary N) is 1. The van der Waals surface area contributed by atoms with E-state index in [1.54, 1.807) is 0 Å². The molecular weight excluding hydrogens is 288 g/mol. The van der Waals surface area contributed by atoms with Gasteiger partial charge in [-0.05, 0) is 25.3 Å². The van der Waals surface area contributed by atoms with E-state index in [1.807, 2.05) is 0 Å². The fourth-order valence-corrected chi connectivity index (χ4v) is 7.13.